The zero-order valence-electron chi connectivity index (χ0n) is 12.4. The van der Waals surface area contributed by atoms with E-state index in [4.69, 9.17) is 28.4 Å². The molecule has 2 aliphatic rings. The lowest BCUT2D eigenvalue weighted by Crippen LogP contribution is -2.48. The van der Waals surface area contributed by atoms with E-state index < -0.39 is 0 Å². The molecule has 2 aliphatic heterocycles. The highest BCUT2D eigenvalue weighted by Gasteiger charge is 2.34. The van der Waals surface area contributed by atoms with E-state index in [2.05, 4.69) is 0 Å². The minimum Gasteiger partial charge on any atom is -0.377 e. The molecule has 6 nitrogen and oxygen atoms in total. The molecule has 2 rings (SSSR count). The molecule has 0 aliphatic carbocycles. The Labute approximate surface area is 120 Å². The molecule has 0 aromatic carbocycles. The van der Waals surface area contributed by atoms with Gasteiger partial charge in [0.05, 0.1) is 65.1 Å². The average Bonchev–Trinajstić information content (AvgIpc) is 2.60. The van der Waals surface area contributed by atoms with Crippen molar-refractivity contribution in [3.8, 4) is 0 Å². The standard InChI is InChI=1S/C14H26O6/c1-11-13(19-9-5-15-3-7-17-11)14-12(2)18-8-4-16-6-10-20-14/h11-14H,3-10H2,1-2H3. The third-order valence-electron chi connectivity index (χ3n) is 3.54. The second kappa shape index (κ2) is 8.92. The van der Waals surface area contributed by atoms with Gasteiger partial charge < -0.3 is 28.4 Å². The Morgan fingerprint density at radius 3 is 1.25 bits per heavy atom. The van der Waals surface area contributed by atoms with Crippen LogP contribution >= 0.6 is 0 Å². The van der Waals surface area contributed by atoms with E-state index in [0.29, 0.717) is 52.9 Å². The molecule has 0 spiro atoms. The summed E-state index contributed by atoms with van der Waals surface area (Å²) < 4.78 is 34.2. The van der Waals surface area contributed by atoms with Gasteiger partial charge in [-0.05, 0) is 13.8 Å². The van der Waals surface area contributed by atoms with E-state index >= 15 is 0 Å². The molecule has 2 saturated heterocycles. The maximum absolute atomic E-state index is 5.93. The highest BCUT2D eigenvalue weighted by atomic mass is 16.6. The summed E-state index contributed by atoms with van der Waals surface area (Å²) in [6, 6.07) is 0. The summed E-state index contributed by atoms with van der Waals surface area (Å²) in [5.74, 6) is 0. The third-order valence-corrected chi connectivity index (χ3v) is 3.54. The van der Waals surface area contributed by atoms with Crippen LogP contribution in [0.3, 0.4) is 0 Å². The molecule has 0 aromatic rings. The van der Waals surface area contributed by atoms with E-state index in [9.17, 15) is 0 Å². The molecular formula is C14H26O6. The van der Waals surface area contributed by atoms with Crippen LogP contribution in [0.2, 0.25) is 0 Å². The predicted octanol–water partition coefficient (Wildman–Crippen LogP) is 0.627. The first kappa shape index (κ1) is 16.1. The van der Waals surface area contributed by atoms with Crippen LogP contribution in [0, 0.1) is 0 Å². The molecule has 0 amide bonds. The molecule has 2 fully saturated rings. The molecule has 0 bridgehead atoms. The summed E-state index contributed by atoms with van der Waals surface area (Å²) in [7, 11) is 0. The second-order valence-corrected chi connectivity index (χ2v) is 5.05. The Balaban J connectivity index is 2.01. The van der Waals surface area contributed by atoms with Gasteiger partial charge in [-0.15, -0.1) is 0 Å². The van der Waals surface area contributed by atoms with Crippen LogP contribution in [0.4, 0.5) is 0 Å². The van der Waals surface area contributed by atoms with Gasteiger partial charge in [0.1, 0.15) is 12.2 Å². The van der Waals surface area contributed by atoms with Gasteiger partial charge in [-0.1, -0.05) is 0 Å². The van der Waals surface area contributed by atoms with Crippen LogP contribution < -0.4 is 0 Å². The van der Waals surface area contributed by atoms with Crippen LogP contribution in [-0.2, 0) is 28.4 Å². The summed E-state index contributed by atoms with van der Waals surface area (Å²) in [6.45, 7) is 8.62. The average molecular weight is 290 g/mol. The Morgan fingerprint density at radius 1 is 0.500 bits per heavy atom. The predicted molar refractivity (Wildman–Crippen MR) is 71.9 cm³/mol. The zero-order chi connectivity index (χ0) is 14.2. The smallest absolute Gasteiger partial charge is 0.112 e. The molecule has 2 heterocycles. The van der Waals surface area contributed by atoms with Gasteiger partial charge in [-0.25, -0.2) is 0 Å². The van der Waals surface area contributed by atoms with Crippen molar-refractivity contribution in [2.24, 2.45) is 0 Å². The van der Waals surface area contributed by atoms with E-state index in [0.717, 1.165) is 0 Å². The van der Waals surface area contributed by atoms with Crippen molar-refractivity contribution in [2.45, 2.75) is 38.3 Å². The van der Waals surface area contributed by atoms with Crippen LogP contribution in [0.15, 0.2) is 0 Å². The summed E-state index contributed by atoms with van der Waals surface area (Å²) in [5.41, 5.74) is 0. The fraction of sp³-hybridized carbons (Fsp3) is 1.00. The van der Waals surface area contributed by atoms with Crippen molar-refractivity contribution >= 4 is 0 Å². The van der Waals surface area contributed by atoms with Gasteiger partial charge in [-0.3, -0.25) is 0 Å². The molecule has 0 radical (unpaired) electrons. The molecule has 20 heavy (non-hydrogen) atoms. The fourth-order valence-electron chi connectivity index (χ4n) is 2.46. The van der Waals surface area contributed by atoms with E-state index in [1.54, 1.807) is 0 Å². The minimum atomic E-state index is -0.162. The van der Waals surface area contributed by atoms with Crippen molar-refractivity contribution in [2.75, 3.05) is 52.9 Å². The van der Waals surface area contributed by atoms with Crippen LogP contribution in [0.25, 0.3) is 0 Å². The first-order chi connectivity index (χ1) is 9.79. The molecule has 0 N–H and O–H groups in total. The maximum atomic E-state index is 5.93. The van der Waals surface area contributed by atoms with Crippen molar-refractivity contribution in [3.63, 3.8) is 0 Å². The number of hydrogen-bond acceptors (Lipinski definition) is 6. The van der Waals surface area contributed by atoms with Crippen molar-refractivity contribution in [3.05, 3.63) is 0 Å². The van der Waals surface area contributed by atoms with Crippen molar-refractivity contribution in [1.82, 2.24) is 0 Å². The Morgan fingerprint density at radius 2 is 0.850 bits per heavy atom. The largest absolute Gasteiger partial charge is 0.377 e. The van der Waals surface area contributed by atoms with E-state index in [-0.39, 0.29) is 24.4 Å². The number of hydrogen-bond donors (Lipinski definition) is 0. The first-order valence-corrected chi connectivity index (χ1v) is 7.41. The van der Waals surface area contributed by atoms with E-state index in [1.807, 2.05) is 13.8 Å². The highest BCUT2D eigenvalue weighted by molar-refractivity contribution is 4.83. The summed E-state index contributed by atoms with van der Waals surface area (Å²) >= 11 is 0. The molecule has 4 unspecified atom stereocenters. The maximum Gasteiger partial charge on any atom is 0.112 e. The Kier molecular flexibility index (Phi) is 7.19. The fourth-order valence-corrected chi connectivity index (χ4v) is 2.46. The van der Waals surface area contributed by atoms with Gasteiger partial charge in [0.25, 0.3) is 0 Å². The zero-order valence-corrected chi connectivity index (χ0v) is 12.4. The minimum absolute atomic E-state index is 0.0607. The monoisotopic (exact) mass is 290 g/mol. The summed E-state index contributed by atoms with van der Waals surface area (Å²) in [4.78, 5) is 0. The lowest BCUT2D eigenvalue weighted by atomic mass is 10.0. The van der Waals surface area contributed by atoms with Gasteiger partial charge in [0.15, 0.2) is 0 Å². The van der Waals surface area contributed by atoms with Crippen molar-refractivity contribution < 1.29 is 28.4 Å². The van der Waals surface area contributed by atoms with Crippen LogP contribution in [0.1, 0.15) is 13.8 Å². The SMILES string of the molecule is CC1OCCOCCOC1C1OCCOCCOC1C. The van der Waals surface area contributed by atoms with Crippen LogP contribution in [-0.4, -0.2) is 77.3 Å². The van der Waals surface area contributed by atoms with Gasteiger partial charge in [0.2, 0.25) is 0 Å². The normalized spacial score (nSPS) is 38.7. The van der Waals surface area contributed by atoms with Gasteiger partial charge in [-0.2, -0.15) is 0 Å². The number of ether oxygens (including phenoxy) is 6. The molecule has 118 valence electrons. The lowest BCUT2D eigenvalue weighted by molar-refractivity contribution is -0.165. The Hall–Kier alpha value is -0.240. The number of rotatable bonds is 1. The first-order valence-electron chi connectivity index (χ1n) is 7.41. The van der Waals surface area contributed by atoms with Crippen LogP contribution in [0.5, 0.6) is 0 Å². The second-order valence-electron chi connectivity index (χ2n) is 5.05. The third kappa shape index (κ3) is 4.95. The molecule has 4 atom stereocenters. The summed E-state index contributed by atoms with van der Waals surface area (Å²) in [6.07, 6.45) is -0.446. The quantitative estimate of drug-likeness (QED) is 0.706. The highest BCUT2D eigenvalue weighted by Crippen LogP contribution is 2.19. The molecule has 6 heteroatoms. The topological polar surface area (TPSA) is 55.4 Å². The van der Waals surface area contributed by atoms with E-state index in [1.165, 1.54) is 0 Å². The molecular weight excluding hydrogens is 264 g/mol. The summed E-state index contributed by atoms with van der Waals surface area (Å²) in [5, 5.41) is 0. The molecule has 0 saturated carbocycles. The Bertz CT molecular complexity index is 236. The molecule has 0 aromatic heterocycles. The van der Waals surface area contributed by atoms with Crippen molar-refractivity contribution in [1.29, 1.82) is 0 Å². The van der Waals surface area contributed by atoms with Gasteiger partial charge >= 0.3 is 0 Å². The van der Waals surface area contributed by atoms with Gasteiger partial charge in [0, 0.05) is 0 Å². The lowest BCUT2D eigenvalue weighted by Gasteiger charge is -2.34.